The normalized spacial score (nSPS) is 11.8. The molecule has 1 N–H and O–H groups in total. The van der Waals surface area contributed by atoms with E-state index < -0.39 is 17.4 Å². The molecule has 2 heterocycles. The highest BCUT2D eigenvalue weighted by Crippen LogP contribution is 2.40. The van der Waals surface area contributed by atoms with E-state index in [9.17, 15) is 27.9 Å². The molecule has 6 nitrogen and oxygen atoms in total. The Hall–Kier alpha value is -3.53. The second kappa shape index (κ2) is 10.6. The molecule has 2 aromatic carbocycles. The van der Waals surface area contributed by atoms with Gasteiger partial charge in [-0.05, 0) is 30.0 Å². The second-order valence-corrected chi connectivity index (χ2v) is 9.14. The molecule has 36 heavy (non-hydrogen) atoms. The third kappa shape index (κ3) is 5.48. The van der Waals surface area contributed by atoms with Gasteiger partial charge in [0, 0.05) is 30.0 Å². The molecule has 0 amide bonds. The van der Waals surface area contributed by atoms with Gasteiger partial charge in [0.25, 0.3) is 0 Å². The number of rotatable bonds is 9. The number of alkyl halides is 3. The van der Waals surface area contributed by atoms with Crippen LogP contribution in [-0.2, 0) is 25.6 Å². The van der Waals surface area contributed by atoms with Crippen LogP contribution in [0, 0.1) is 0 Å². The molecule has 4 rings (SSSR count). The van der Waals surface area contributed by atoms with Crippen molar-refractivity contribution in [3.05, 3.63) is 90.2 Å². The van der Waals surface area contributed by atoms with E-state index in [4.69, 9.17) is 9.15 Å². The van der Waals surface area contributed by atoms with Crippen molar-refractivity contribution in [2.45, 2.75) is 45.3 Å². The van der Waals surface area contributed by atoms with Crippen molar-refractivity contribution in [2.75, 3.05) is 6.61 Å². The van der Waals surface area contributed by atoms with Gasteiger partial charge in [-0.25, -0.2) is 4.79 Å². The number of hydrogen-bond acceptors (Lipinski definition) is 6. The van der Waals surface area contributed by atoms with Crippen LogP contribution in [0.2, 0.25) is 0 Å². The lowest BCUT2D eigenvalue weighted by molar-refractivity contribution is -0.136. The number of ether oxygens (including phenoxy) is 1. The topological polar surface area (TPSA) is 81.7 Å². The summed E-state index contributed by atoms with van der Waals surface area (Å²) in [6.45, 7) is 2.22. The van der Waals surface area contributed by atoms with E-state index >= 15 is 0 Å². The molecule has 0 saturated carbocycles. The van der Waals surface area contributed by atoms with Gasteiger partial charge in [-0.1, -0.05) is 55.0 Å². The third-order valence-electron chi connectivity index (χ3n) is 5.74. The fourth-order valence-corrected chi connectivity index (χ4v) is 4.82. The molecule has 0 aliphatic carbocycles. The average Bonchev–Trinajstić information content (AvgIpc) is 3.15. The van der Waals surface area contributed by atoms with Crippen molar-refractivity contribution in [1.82, 2.24) is 4.57 Å². The Morgan fingerprint density at radius 1 is 1.14 bits per heavy atom. The minimum atomic E-state index is -4.74. The number of aromatic hydroxyl groups is 1. The highest BCUT2D eigenvalue weighted by atomic mass is 32.1. The Labute approximate surface area is 208 Å². The Morgan fingerprint density at radius 3 is 2.53 bits per heavy atom. The fourth-order valence-electron chi connectivity index (χ4n) is 4.17. The molecule has 10 heteroatoms. The SMILES string of the molecule is CCCc1c(OCCCn2c(O)csc2=O)c(Cc2ccccc2)cc2c(C(F)(F)F)cc(=O)oc12. The van der Waals surface area contributed by atoms with Gasteiger partial charge in [-0.3, -0.25) is 9.36 Å². The van der Waals surface area contributed by atoms with Gasteiger partial charge in [0.15, 0.2) is 0 Å². The summed E-state index contributed by atoms with van der Waals surface area (Å²) in [5.74, 6) is 0.242. The number of nitrogens with zero attached hydrogens (tertiary/aromatic N) is 1. The molecule has 0 aliphatic heterocycles. The molecule has 0 atom stereocenters. The monoisotopic (exact) mass is 519 g/mol. The largest absolute Gasteiger partial charge is 0.494 e. The molecule has 4 aromatic rings. The molecule has 0 radical (unpaired) electrons. The maximum absolute atomic E-state index is 13.9. The van der Waals surface area contributed by atoms with E-state index in [0.717, 1.165) is 16.9 Å². The first-order chi connectivity index (χ1) is 17.2. The number of benzene rings is 2. The summed E-state index contributed by atoms with van der Waals surface area (Å²) in [6, 6.07) is 11.1. The van der Waals surface area contributed by atoms with Crippen LogP contribution in [0.3, 0.4) is 0 Å². The highest BCUT2D eigenvalue weighted by Gasteiger charge is 2.35. The number of thiazole rings is 1. The van der Waals surface area contributed by atoms with Crippen LogP contribution >= 0.6 is 11.3 Å². The summed E-state index contributed by atoms with van der Waals surface area (Å²) in [6.07, 6.45) is -3.14. The van der Waals surface area contributed by atoms with Crippen molar-refractivity contribution in [2.24, 2.45) is 0 Å². The number of halogens is 3. The number of hydrogen-bond donors (Lipinski definition) is 1. The standard InChI is InChI=1S/C26H24F3NO5S/c1-2-7-18-23(34-11-6-10-30-21(31)15-36-25(30)33)17(12-16-8-4-3-5-9-16)13-19-20(26(27,28)29)14-22(32)35-24(18)19/h3-5,8-9,13-15,31H,2,6-7,10-12H2,1H3. The van der Waals surface area contributed by atoms with E-state index in [1.54, 1.807) is 0 Å². The minimum absolute atomic E-state index is 0.129. The van der Waals surface area contributed by atoms with Crippen LogP contribution in [-0.4, -0.2) is 16.3 Å². The average molecular weight is 520 g/mol. The molecule has 2 aromatic heterocycles. The van der Waals surface area contributed by atoms with Gasteiger partial charge in [-0.15, -0.1) is 0 Å². The molecule has 0 unspecified atom stereocenters. The van der Waals surface area contributed by atoms with Crippen LogP contribution in [0.1, 0.15) is 42.0 Å². The van der Waals surface area contributed by atoms with Gasteiger partial charge in [0.05, 0.1) is 17.6 Å². The first-order valence-electron chi connectivity index (χ1n) is 11.4. The molecule has 0 saturated heterocycles. The third-order valence-corrected chi connectivity index (χ3v) is 6.49. The quantitative estimate of drug-likeness (QED) is 0.225. The van der Waals surface area contributed by atoms with E-state index in [0.29, 0.717) is 48.6 Å². The molecule has 0 aliphatic rings. The van der Waals surface area contributed by atoms with Crippen molar-refractivity contribution in [1.29, 1.82) is 0 Å². The zero-order chi connectivity index (χ0) is 25.9. The molecule has 190 valence electrons. The van der Waals surface area contributed by atoms with Gasteiger partial charge in [0.1, 0.15) is 11.3 Å². The molecular formula is C26H24F3NO5S. The Balaban J connectivity index is 1.80. The summed E-state index contributed by atoms with van der Waals surface area (Å²) in [4.78, 5) is 23.6. The van der Waals surface area contributed by atoms with E-state index in [1.165, 1.54) is 16.0 Å². The Kier molecular flexibility index (Phi) is 7.53. The van der Waals surface area contributed by atoms with Crippen LogP contribution in [0.4, 0.5) is 13.2 Å². The number of aromatic nitrogens is 1. The number of fused-ring (bicyclic) bond motifs is 1. The van der Waals surface area contributed by atoms with Crippen molar-refractivity contribution in [3.63, 3.8) is 0 Å². The smallest absolute Gasteiger partial charge is 0.417 e. The molecule has 0 bridgehead atoms. The zero-order valence-corrected chi connectivity index (χ0v) is 20.2. The second-order valence-electron chi connectivity index (χ2n) is 8.32. The van der Waals surface area contributed by atoms with Gasteiger partial charge < -0.3 is 14.3 Å². The lowest BCUT2D eigenvalue weighted by Gasteiger charge is -2.20. The minimum Gasteiger partial charge on any atom is -0.494 e. The van der Waals surface area contributed by atoms with Gasteiger partial charge >= 0.3 is 16.7 Å². The maximum atomic E-state index is 13.9. The Bertz CT molecular complexity index is 1470. The number of aryl methyl sites for hydroxylation is 1. The molecule has 0 spiro atoms. The van der Waals surface area contributed by atoms with Gasteiger partial charge in [-0.2, -0.15) is 13.2 Å². The van der Waals surface area contributed by atoms with Crippen LogP contribution < -0.4 is 15.2 Å². The van der Waals surface area contributed by atoms with Crippen LogP contribution in [0.25, 0.3) is 11.0 Å². The van der Waals surface area contributed by atoms with E-state index in [-0.39, 0.29) is 34.9 Å². The summed E-state index contributed by atoms with van der Waals surface area (Å²) in [5, 5.41) is 11.0. The lowest BCUT2D eigenvalue weighted by Crippen LogP contribution is -2.15. The molecule has 0 fully saturated rings. The summed E-state index contributed by atoms with van der Waals surface area (Å²) >= 11 is 0.887. The van der Waals surface area contributed by atoms with Crippen LogP contribution in [0.15, 0.2) is 61.9 Å². The summed E-state index contributed by atoms with van der Waals surface area (Å²) in [5.41, 5.74) is -0.438. The first kappa shape index (κ1) is 25.6. The lowest BCUT2D eigenvalue weighted by atomic mass is 9.94. The highest BCUT2D eigenvalue weighted by molar-refractivity contribution is 7.07. The first-order valence-corrected chi connectivity index (χ1v) is 12.3. The predicted molar refractivity (Wildman–Crippen MR) is 131 cm³/mol. The predicted octanol–water partition coefficient (Wildman–Crippen LogP) is 5.75. The van der Waals surface area contributed by atoms with Crippen molar-refractivity contribution < 1.29 is 27.4 Å². The van der Waals surface area contributed by atoms with Crippen molar-refractivity contribution >= 4 is 22.3 Å². The van der Waals surface area contributed by atoms with E-state index in [1.807, 2.05) is 37.3 Å². The van der Waals surface area contributed by atoms with Crippen LogP contribution in [0.5, 0.6) is 11.6 Å². The Morgan fingerprint density at radius 2 is 1.89 bits per heavy atom. The summed E-state index contributed by atoms with van der Waals surface area (Å²) < 4.78 is 54.2. The van der Waals surface area contributed by atoms with Gasteiger partial charge in [0.2, 0.25) is 5.88 Å². The van der Waals surface area contributed by atoms with Crippen molar-refractivity contribution in [3.8, 4) is 11.6 Å². The zero-order valence-electron chi connectivity index (χ0n) is 19.4. The summed E-state index contributed by atoms with van der Waals surface area (Å²) in [7, 11) is 0. The fraction of sp³-hybridized carbons (Fsp3) is 0.308. The maximum Gasteiger partial charge on any atom is 0.417 e. The van der Waals surface area contributed by atoms with E-state index in [2.05, 4.69) is 0 Å². The molecular weight excluding hydrogens is 495 g/mol.